The zero-order valence-electron chi connectivity index (χ0n) is 13.0. The fourth-order valence-corrected chi connectivity index (χ4v) is 1.97. The van der Waals surface area contributed by atoms with Gasteiger partial charge in [0.15, 0.2) is 5.78 Å². The molecule has 1 aromatic rings. The van der Waals surface area contributed by atoms with Gasteiger partial charge in [-0.1, -0.05) is 49.1 Å². The second-order valence-corrected chi connectivity index (χ2v) is 4.88. The second-order valence-electron chi connectivity index (χ2n) is 4.88. The van der Waals surface area contributed by atoms with Crippen molar-refractivity contribution in [1.29, 1.82) is 0 Å². The van der Waals surface area contributed by atoms with Gasteiger partial charge < -0.3 is 4.74 Å². The Morgan fingerprint density at radius 2 is 1.91 bits per heavy atom. The highest BCUT2D eigenvalue weighted by molar-refractivity contribution is 6.28. The van der Waals surface area contributed by atoms with Crippen LogP contribution in [-0.4, -0.2) is 18.4 Å². The minimum absolute atomic E-state index is 0.0733. The van der Waals surface area contributed by atoms with Gasteiger partial charge in [0.1, 0.15) is 0 Å². The fourth-order valence-electron chi connectivity index (χ4n) is 1.97. The van der Waals surface area contributed by atoms with E-state index in [1.54, 1.807) is 6.08 Å². The van der Waals surface area contributed by atoms with Crippen LogP contribution in [0.5, 0.6) is 0 Å². The summed E-state index contributed by atoms with van der Waals surface area (Å²) in [5.74, 6) is -0.385. The minimum atomic E-state index is -0.312. The molecule has 0 spiro atoms. The minimum Gasteiger partial charge on any atom is -0.466 e. The number of rotatable bonds is 9. The van der Waals surface area contributed by atoms with Crippen LogP contribution < -0.4 is 0 Å². The molecular formula is C19H22O3. The van der Waals surface area contributed by atoms with E-state index in [1.165, 1.54) is 6.92 Å². The van der Waals surface area contributed by atoms with Gasteiger partial charge in [0.25, 0.3) is 0 Å². The predicted molar refractivity (Wildman–Crippen MR) is 89.2 cm³/mol. The largest absolute Gasteiger partial charge is 0.466 e. The van der Waals surface area contributed by atoms with Crippen LogP contribution in [0.3, 0.4) is 0 Å². The zero-order chi connectivity index (χ0) is 16.4. The van der Waals surface area contributed by atoms with E-state index in [0.717, 1.165) is 5.56 Å². The summed E-state index contributed by atoms with van der Waals surface area (Å²) in [5.41, 5.74) is 2.03. The maximum Gasteiger partial charge on any atom is 0.302 e. The van der Waals surface area contributed by atoms with Gasteiger partial charge in [-0.05, 0) is 30.4 Å². The summed E-state index contributed by atoms with van der Waals surface area (Å²) >= 11 is 0. The number of esters is 1. The Bertz CT molecular complexity index is 568. The normalized spacial score (nSPS) is 10.9. The lowest BCUT2D eigenvalue weighted by atomic mass is 9.94. The Hall–Kier alpha value is -2.42. The molecule has 0 saturated carbocycles. The lowest BCUT2D eigenvalue weighted by Crippen LogP contribution is -2.07. The van der Waals surface area contributed by atoms with Crippen LogP contribution in [0.15, 0.2) is 61.2 Å². The van der Waals surface area contributed by atoms with Crippen LogP contribution >= 0.6 is 0 Å². The summed E-state index contributed by atoms with van der Waals surface area (Å²) in [6.45, 7) is 9.22. The molecule has 0 amide bonds. The Morgan fingerprint density at radius 1 is 1.23 bits per heavy atom. The van der Waals surface area contributed by atoms with E-state index in [4.69, 9.17) is 4.74 Å². The molecule has 0 heterocycles. The molecule has 0 fully saturated rings. The molecule has 0 aliphatic carbocycles. The van der Waals surface area contributed by atoms with Crippen molar-refractivity contribution >= 4 is 17.3 Å². The smallest absolute Gasteiger partial charge is 0.302 e. The number of ketones is 1. The van der Waals surface area contributed by atoms with Gasteiger partial charge in [-0.3, -0.25) is 9.59 Å². The molecule has 0 radical (unpaired) electrons. The number of carbonyl (C=O) groups excluding carboxylic acids is 2. The average Bonchev–Trinajstić information content (AvgIpc) is 2.52. The Labute approximate surface area is 132 Å². The van der Waals surface area contributed by atoms with Crippen LogP contribution in [0.25, 0.3) is 5.57 Å². The van der Waals surface area contributed by atoms with Crippen molar-refractivity contribution in [2.75, 3.05) is 6.61 Å². The van der Waals surface area contributed by atoms with E-state index in [1.807, 2.05) is 36.4 Å². The van der Waals surface area contributed by atoms with Crippen LogP contribution in [0.2, 0.25) is 0 Å². The van der Waals surface area contributed by atoms with Gasteiger partial charge in [-0.25, -0.2) is 0 Å². The van der Waals surface area contributed by atoms with Crippen molar-refractivity contribution in [1.82, 2.24) is 0 Å². The van der Waals surface area contributed by atoms with E-state index in [-0.39, 0.29) is 11.8 Å². The molecule has 3 nitrogen and oxygen atoms in total. The molecule has 0 aliphatic heterocycles. The van der Waals surface area contributed by atoms with Gasteiger partial charge in [-0.2, -0.15) is 0 Å². The van der Waals surface area contributed by atoms with E-state index in [9.17, 15) is 9.59 Å². The van der Waals surface area contributed by atoms with Gasteiger partial charge in [0, 0.05) is 12.5 Å². The third-order valence-electron chi connectivity index (χ3n) is 3.07. The number of benzene rings is 1. The quantitative estimate of drug-likeness (QED) is 0.298. The topological polar surface area (TPSA) is 43.4 Å². The molecule has 116 valence electrons. The first kappa shape index (κ1) is 17.6. The predicted octanol–water partition coefficient (Wildman–Crippen LogP) is 4.11. The highest BCUT2D eigenvalue weighted by Gasteiger charge is 2.14. The number of Topliss-reactive ketones (excluding diaryl/α,β-unsaturated/α-hetero) is 1. The van der Waals surface area contributed by atoms with Crippen molar-refractivity contribution in [2.24, 2.45) is 0 Å². The third kappa shape index (κ3) is 5.92. The molecule has 0 unspecified atom stereocenters. The van der Waals surface area contributed by atoms with Gasteiger partial charge in [-0.15, -0.1) is 6.58 Å². The Morgan fingerprint density at radius 3 is 2.50 bits per heavy atom. The number of hydrogen-bond acceptors (Lipinski definition) is 3. The van der Waals surface area contributed by atoms with E-state index >= 15 is 0 Å². The molecule has 0 aromatic heterocycles. The number of hydrogen-bond donors (Lipinski definition) is 0. The van der Waals surface area contributed by atoms with Crippen LogP contribution in [0.4, 0.5) is 0 Å². The summed E-state index contributed by atoms with van der Waals surface area (Å²) < 4.78 is 4.86. The first-order valence-corrected chi connectivity index (χ1v) is 7.28. The summed E-state index contributed by atoms with van der Waals surface area (Å²) in [7, 11) is 0. The molecule has 0 saturated heterocycles. The first-order valence-electron chi connectivity index (χ1n) is 7.28. The molecule has 0 N–H and O–H groups in total. The van der Waals surface area contributed by atoms with Crippen molar-refractivity contribution < 1.29 is 14.3 Å². The summed E-state index contributed by atoms with van der Waals surface area (Å²) in [4.78, 5) is 23.3. The highest BCUT2D eigenvalue weighted by atomic mass is 16.5. The number of ether oxygens (including phenoxy) is 1. The van der Waals surface area contributed by atoms with Crippen molar-refractivity contribution in [3.63, 3.8) is 0 Å². The van der Waals surface area contributed by atoms with Gasteiger partial charge in [0.05, 0.1) is 6.61 Å². The lowest BCUT2D eigenvalue weighted by molar-refractivity contribution is -0.141. The molecule has 0 bridgehead atoms. The van der Waals surface area contributed by atoms with E-state index in [2.05, 4.69) is 13.2 Å². The number of carbonyl (C=O) groups is 2. The number of allylic oxidation sites excluding steroid dienone is 4. The van der Waals surface area contributed by atoms with Crippen LogP contribution in [-0.2, 0) is 14.3 Å². The summed E-state index contributed by atoms with van der Waals surface area (Å²) in [6, 6.07) is 9.51. The maximum absolute atomic E-state index is 12.6. The standard InChI is InChI=1S/C19H22O3/c1-4-5-13-18(17-11-7-6-8-12-17)19(21)15(2)10-9-14-22-16(3)20/h4,6-8,11-13H,1-2,5,9-10,14H2,3H3/b18-13-. The average molecular weight is 298 g/mol. The SMILES string of the molecule is C=CC/C=C(\C(=O)C(=C)CCCOC(C)=O)c1ccccc1. The molecule has 0 aliphatic rings. The summed E-state index contributed by atoms with van der Waals surface area (Å²) in [6.07, 6.45) is 5.33. The van der Waals surface area contributed by atoms with Crippen molar-refractivity contribution in [2.45, 2.75) is 26.2 Å². The molecule has 22 heavy (non-hydrogen) atoms. The monoisotopic (exact) mass is 298 g/mol. The molecule has 1 rings (SSSR count). The molecule has 0 atom stereocenters. The van der Waals surface area contributed by atoms with Crippen LogP contribution in [0.1, 0.15) is 31.7 Å². The zero-order valence-corrected chi connectivity index (χ0v) is 13.0. The van der Waals surface area contributed by atoms with Gasteiger partial charge >= 0.3 is 5.97 Å². The Kier molecular flexibility index (Phi) is 7.62. The third-order valence-corrected chi connectivity index (χ3v) is 3.07. The molecule has 3 heteroatoms. The van der Waals surface area contributed by atoms with E-state index in [0.29, 0.717) is 37.0 Å². The second kappa shape index (κ2) is 9.50. The highest BCUT2D eigenvalue weighted by Crippen LogP contribution is 2.21. The van der Waals surface area contributed by atoms with Crippen LogP contribution in [0, 0.1) is 0 Å². The summed E-state index contributed by atoms with van der Waals surface area (Å²) in [5, 5.41) is 0. The van der Waals surface area contributed by atoms with Crippen molar-refractivity contribution in [3.05, 3.63) is 66.8 Å². The van der Waals surface area contributed by atoms with E-state index < -0.39 is 0 Å². The molecule has 1 aromatic carbocycles. The lowest BCUT2D eigenvalue weighted by Gasteiger charge is -2.10. The maximum atomic E-state index is 12.6. The fraction of sp³-hybridized carbons (Fsp3) is 0.263. The Balaban J connectivity index is 2.74. The van der Waals surface area contributed by atoms with Gasteiger partial charge in [0.2, 0.25) is 0 Å². The first-order chi connectivity index (χ1) is 10.6. The van der Waals surface area contributed by atoms with Crippen molar-refractivity contribution in [3.8, 4) is 0 Å². The molecular weight excluding hydrogens is 276 g/mol.